The third-order valence-electron chi connectivity index (χ3n) is 3.41. The largest absolute Gasteiger partial charge is 0.333 e. The highest BCUT2D eigenvalue weighted by Gasteiger charge is 2.17. The molecule has 4 heteroatoms. The fourth-order valence-electron chi connectivity index (χ4n) is 2.45. The van der Waals surface area contributed by atoms with E-state index in [9.17, 15) is 0 Å². The molecule has 1 aliphatic rings. The molecule has 0 spiro atoms. The number of imidazole rings is 1. The summed E-state index contributed by atoms with van der Waals surface area (Å²) in [6.07, 6.45) is 5.06. The summed E-state index contributed by atoms with van der Waals surface area (Å²) < 4.78 is 3.35. The number of hydrogen-bond acceptors (Lipinski definition) is 2. The van der Waals surface area contributed by atoms with E-state index in [1.54, 1.807) is 0 Å². The van der Waals surface area contributed by atoms with Gasteiger partial charge >= 0.3 is 0 Å². The lowest BCUT2D eigenvalue weighted by Crippen LogP contribution is -2.31. The van der Waals surface area contributed by atoms with Crippen LogP contribution in [-0.4, -0.2) is 15.6 Å². The first-order chi connectivity index (χ1) is 8.72. The quantitative estimate of drug-likeness (QED) is 0.926. The number of rotatable bonds is 2. The summed E-state index contributed by atoms with van der Waals surface area (Å²) in [6, 6.07) is 8.58. The van der Waals surface area contributed by atoms with Crippen molar-refractivity contribution in [2.45, 2.75) is 31.8 Å². The molecule has 94 valence electrons. The van der Waals surface area contributed by atoms with Gasteiger partial charge in [-0.15, -0.1) is 0 Å². The first-order valence-electron chi connectivity index (χ1n) is 6.26. The van der Waals surface area contributed by atoms with Crippen LogP contribution in [0.4, 0.5) is 0 Å². The van der Waals surface area contributed by atoms with E-state index in [0.717, 1.165) is 36.0 Å². The fraction of sp³-hybridized carbons (Fsp3) is 0.357. The Morgan fingerprint density at radius 3 is 3.06 bits per heavy atom. The third-order valence-corrected chi connectivity index (χ3v) is 4.18. The second kappa shape index (κ2) is 4.86. The van der Waals surface area contributed by atoms with Gasteiger partial charge in [-0.1, -0.05) is 34.1 Å². The Bertz CT molecular complexity index is 562. The number of aryl methyl sites for hydroxylation is 1. The van der Waals surface area contributed by atoms with Crippen LogP contribution in [0.15, 0.2) is 34.9 Å². The van der Waals surface area contributed by atoms with Crippen molar-refractivity contribution in [1.82, 2.24) is 9.55 Å². The highest BCUT2D eigenvalue weighted by molar-refractivity contribution is 9.10. The monoisotopic (exact) mass is 305 g/mol. The van der Waals surface area contributed by atoms with Crippen molar-refractivity contribution in [2.24, 2.45) is 5.73 Å². The molecular formula is C14H16BrN3. The normalized spacial score (nSPS) is 18.7. The van der Waals surface area contributed by atoms with Crippen LogP contribution in [0.25, 0.3) is 0 Å². The second-order valence-corrected chi connectivity index (χ2v) is 5.72. The fourth-order valence-corrected chi connectivity index (χ4v) is 2.88. The van der Waals surface area contributed by atoms with Crippen molar-refractivity contribution in [2.75, 3.05) is 0 Å². The lowest BCUT2D eigenvalue weighted by Gasteiger charge is -2.19. The molecule has 1 aromatic carbocycles. The minimum Gasteiger partial charge on any atom is -0.333 e. The van der Waals surface area contributed by atoms with E-state index < -0.39 is 0 Å². The third kappa shape index (κ3) is 2.35. The summed E-state index contributed by atoms with van der Waals surface area (Å²) in [4.78, 5) is 4.71. The number of aromatic nitrogens is 2. The van der Waals surface area contributed by atoms with Crippen LogP contribution < -0.4 is 5.73 Å². The van der Waals surface area contributed by atoms with E-state index in [0.29, 0.717) is 0 Å². The lowest BCUT2D eigenvalue weighted by atomic mass is 10.1. The number of benzene rings is 1. The zero-order valence-electron chi connectivity index (χ0n) is 10.1. The van der Waals surface area contributed by atoms with Crippen molar-refractivity contribution in [3.05, 3.63) is 52.0 Å². The van der Waals surface area contributed by atoms with Crippen LogP contribution in [-0.2, 0) is 19.4 Å². The maximum absolute atomic E-state index is 5.98. The van der Waals surface area contributed by atoms with Gasteiger partial charge in [0.2, 0.25) is 0 Å². The highest BCUT2D eigenvalue weighted by Crippen LogP contribution is 2.21. The zero-order valence-corrected chi connectivity index (χ0v) is 11.7. The van der Waals surface area contributed by atoms with E-state index >= 15 is 0 Å². The Hall–Kier alpha value is -1.13. The molecule has 1 aliphatic heterocycles. The molecular weight excluding hydrogens is 290 g/mol. The molecule has 0 bridgehead atoms. The maximum Gasteiger partial charge on any atom is 0.109 e. The van der Waals surface area contributed by atoms with E-state index in [4.69, 9.17) is 10.7 Å². The predicted octanol–water partition coefficient (Wildman–Crippen LogP) is 2.51. The summed E-state index contributed by atoms with van der Waals surface area (Å²) in [5.41, 5.74) is 8.39. The number of hydrogen-bond donors (Lipinski definition) is 1. The molecule has 0 aliphatic carbocycles. The molecule has 0 radical (unpaired) electrons. The SMILES string of the molecule is NC1CCc2nc(Cc3ccccc3Br)cn2C1. The summed E-state index contributed by atoms with van der Waals surface area (Å²) in [7, 11) is 0. The van der Waals surface area contributed by atoms with Crippen LogP contribution in [0, 0.1) is 0 Å². The Balaban J connectivity index is 1.84. The minimum atomic E-state index is 0.281. The highest BCUT2D eigenvalue weighted by atomic mass is 79.9. The van der Waals surface area contributed by atoms with Crippen molar-refractivity contribution in [3.63, 3.8) is 0 Å². The average Bonchev–Trinajstić information content (AvgIpc) is 2.73. The lowest BCUT2D eigenvalue weighted by molar-refractivity contribution is 0.453. The molecule has 2 heterocycles. The van der Waals surface area contributed by atoms with Crippen LogP contribution in [0.3, 0.4) is 0 Å². The standard InChI is InChI=1S/C14H16BrN3/c15-13-4-2-1-3-10(13)7-12-9-18-8-11(16)5-6-14(18)17-12/h1-4,9,11H,5-8,16H2. The average molecular weight is 306 g/mol. The Labute approximate surface area is 115 Å². The van der Waals surface area contributed by atoms with E-state index in [-0.39, 0.29) is 6.04 Å². The van der Waals surface area contributed by atoms with Gasteiger partial charge in [0.15, 0.2) is 0 Å². The predicted molar refractivity (Wildman–Crippen MR) is 75.5 cm³/mol. The molecule has 3 rings (SSSR count). The summed E-state index contributed by atoms with van der Waals surface area (Å²) in [5.74, 6) is 1.18. The van der Waals surface area contributed by atoms with Crippen molar-refractivity contribution in [3.8, 4) is 0 Å². The van der Waals surface area contributed by atoms with Gasteiger partial charge in [-0.2, -0.15) is 0 Å². The van der Waals surface area contributed by atoms with Crippen LogP contribution in [0.1, 0.15) is 23.5 Å². The van der Waals surface area contributed by atoms with Gasteiger partial charge in [-0.3, -0.25) is 0 Å². The molecule has 2 N–H and O–H groups in total. The number of fused-ring (bicyclic) bond motifs is 1. The first kappa shape index (κ1) is 11.9. The molecule has 1 atom stereocenters. The Morgan fingerprint density at radius 2 is 2.22 bits per heavy atom. The zero-order chi connectivity index (χ0) is 12.5. The van der Waals surface area contributed by atoms with Crippen LogP contribution in [0.5, 0.6) is 0 Å². The van der Waals surface area contributed by atoms with Gasteiger partial charge in [0, 0.05) is 36.1 Å². The topological polar surface area (TPSA) is 43.8 Å². The molecule has 0 saturated heterocycles. The molecule has 3 nitrogen and oxygen atoms in total. The Morgan fingerprint density at radius 1 is 1.39 bits per heavy atom. The molecule has 0 amide bonds. The van der Waals surface area contributed by atoms with E-state index in [1.165, 1.54) is 11.4 Å². The van der Waals surface area contributed by atoms with Gasteiger partial charge in [0.05, 0.1) is 5.69 Å². The number of halogens is 1. The van der Waals surface area contributed by atoms with Crippen molar-refractivity contribution >= 4 is 15.9 Å². The van der Waals surface area contributed by atoms with Crippen molar-refractivity contribution in [1.29, 1.82) is 0 Å². The maximum atomic E-state index is 5.98. The summed E-state index contributed by atoms with van der Waals surface area (Å²) >= 11 is 3.58. The summed E-state index contributed by atoms with van der Waals surface area (Å²) in [5, 5.41) is 0. The molecule has 2 aromatic rings. The number of nitrogens with zero attached hydrogens (tertiary/aromatic N) is 2. The van der Waals surface area contributed by atoms with E-state index in [2.05, 4.69) is 44.9 Å². The van der Waals surface area contributed by atoms with Crippen LogP contribution in [0.2, 0.25) is 0 Å². The first-order valence-corrected chi connectivity index (χ1v) is 7.05. The molecule has 18 heavy (non-hydrogen) atoms. The van der Waals surface area contributed by atoms with Gasteiger partial charge in [0.25, 0.3) is 0 Å². The molecule has 1 aromatic heterocycles. The van der Waals surface area contributed by atoms with Gasteiger partial charge in [0.1, 0.15) is 5.82 Å². The van der Waals surface area contributed by atoms with Crippen molar-refractivity contribution < 1.29 is 0 Å². The molecule has 1 unspecified atom stereocenters. The van der Waals surface area contributed by atoms with Gasteiger partial charge < -0.3 is 10.3 Å². The van der Waals surface area contributed by atoms with Gasteiger partial charge in [-0.05, 0) is 18.1 Å². The number of nitrogens with two attached hydrogens (primary N) is 1. The second-order valence-electron chi connectivity index (χ2n) is 4.87. The summed E-state index contributed by atoms with van der Waals surface area (Å²) in [6.45, 7) is 0.901. The molecule has 0 saturated carbocycles. The van der Waals surface area contributed by atoms with Crippen LogP contribution >= 0.6 is 15.9 Å². The Kier molecular flexibility index (Phi) is 3.22. The molecule has 0 fully saturated rings. The van der Waals surface area contributed by atoms with E-state index in [1.807, 2.05) is 6.07 Å². The minimum absolute atomic E-state index is 0.281. The van der Waals surface area contributed by atoms with Gasteiger partial charge in [-0.25, -0.2) is 4.98 Å². The smallest absolute Gasteiger partial charge is 0.109 e.